The summed E-state index contributed by atoms with van der Waals surface area (Å²) in [6.07, 6.45) is 0. The van der Waals surface area contributed by atoms with Crippen molar-refractivity contribution in [2.45, 2.75) is 13.8 Å². The molecule has 0 aliphatic carbocycles. The summed E-state index contributed by atoms with van der Waals surface area (Å²) in [6.45, 7) is 5.77. The molecule has 0 fully saturated rings. The van der Waals surface area contributed by atoms with Crippen LogP contribution in [0.5, 0.6) is 0 Å². The highest BCUT2D eigenvalue weighted by atomic mass is 79.9. The van der Waals surface area contributed by atoms with Gasteiger partial charge in [-0.3, -0.25) is 5.41 Å². The van der Waals surface area contributed by atoms with Gasteiger partial charge in [0.25, 0.3) is 0 Å². The molecule has 0 bridgehead atoms. The van der Waals surface area contributed by atoms with Gasteiger partial charge in [0, 0.05) is 23.1 Å². The molecule has 0 heterocycles. The Morgan fingerprint density at radius 1 is 1.40 bits per heavy atom. The Bertz CT molecular complexity index is 362. The van der Waals surface area contributed by atoms with Crippen LogP contribution in [0, 0.1) is 5.41 Å². The largest absolute Gasteiger partial charge is 0.357 e. The summed E-state index contributed by atoms with van der Waals surface area (Å²) in [5.41, 5.74) is 0.884. The van der Waals surface area contributed by atoms with E-state index in [0.717, 1.165) is 23.1 Å². The summed E-state index contributed by atoms with van der Waals surface area (Å²) in [5.74, 6) is 0.539. The number of amidine groups is 1. The Balaban J connectivity index is 2.96. The highest BCUT2D eigenvalue weighted by molar-refractivity contribution is 9.10. The average molecular weight is 290 g/mol. The van der Waals surface area contributed by atoms with Crippen molar-refractivity contribution in [2.75, 3.05) is 13.1 Å². The van der Waals surface area contributed by atoms with E-state index < -0.39 is 0 Å². The third-order valence-electron chi connectivity index (χ3n) is 2.27. The molecule has 1 aromatic rings. The molecule has 1 aromatic carbocycles. The maximum absolute atomic E-state index is 8.02. The van der Waals surface area contributed by atoms with Gasteiger partial charge in [-0.2, -0.15) is 0 Å². The highest BCUT2D eigenvalue weighted by Crippen LogP contribution is 2.23. The quantitative estimate of drug-likeness (QED) is 0.665. The zero-order chi connectivity index (χ0) is 11.4. The molecule has 0 spiro atoms. The van der Waals surface area contributed by atoms with Gasteiger partial charge in [0.05, 0.1) is 5.02 Å². The van der Waals surface area contributed by atoms with E-state index in [1.165, 1.54) is 0 Å². The molecule has 0 aliphatic heterocycles. The number of halogens is 2. The number of hydrogen-bond donors (Lipinski definition) is 1. The molecule has 1 N–H and O–H groups in total. The second kappa shape index (κ2) is 5.52. The SMILES string of the molecule is CCN(CC)C(=N)c1ccc(Cl)c(Br)c1. The Labute approximate surface area is 104 Å². The number of benzene rings is 1. The summed E-state index contributed by atoms with van der Waals surface area (Å²) in [4.78, 5) is 2.00. The van der Waals surface area contributed by atoms with E-state index in [9.17, 15) is 0 Å². The molecule has 0 aromatic heterocycles. The lowest BCUT2D eigenvalue weighted by Crippen LogP contribution is -2.30. The van der Waals surface area contributed by atoms with Gasteiger partial charge in [0.15, 0.2) is 0 Å². The van der Waals surface area contributed by atoms with E-state index in [0.29, 0.717) is 10.9 Å². The number of hydrogen-bond acceptors (Lipinski definition) is 1. The second-order valence-corrected chi connectivity index (χ2v) is 4.41. The van der Waals surface area contributed by atoms with Gasteiger partial charge in [0.2, 0.25) is 0 Å². The van der Waals surface area contributed by atoms with Gasteiger partial charge in [-0.25, -0.2) is 0 Å². The van der Waals surface area contributed by atoms with Gasteiger partial charge in [-0.05, 0) is 48.0 Å². The summed E-state index contributed by atoms with van der Waals surface area (Å²) in [6, 6.07) is 5.55. The van der Waals surface area contributed by atoms with E-state index in [2.05, 4.69) is 15.9 Å². The molecule has 0 radical (unpaired) electrons. The fourth-order valence-corrected chi connectivity index (χ4v) is 1.86. The maximum Gasteiger partial charge on any atom is 0.128 e. The van der Waals surface area contributed by atoms with Crippen LogP contribution in [-0.2, 0) is 0 Å². The topological polar surface area (TPSA) is 27.1 Å². The van der Waals surface area contributed by atoms with Gasteiger partial charge in [-0.15, -0.1) is 0 Å². The molecular weight excluding hydrogens is 275 g/mol. The van der Waals surface area contributed by atoms with Crippen LogP contribution in [0.25, 0.3) is 0 Å². The summed E-state index contributed by atoms with van der Waals surface area (Å²) < 4.78 is 0.832. The van der Waals surface area contributed by atoms with Crippen LogP contribution in [-0.4, -0.2) is 23.8 Å². The first-order chi connectivity index (χ1) is 7.10. The molecule has 0 atom stereocenters. The van der Waals surface area contributed by atoms with E-state index in [-0.39, 0.29) is 0 Å². The lowest BCUT2D eigenvalue weighted by molar-refractivity contribution is 0.463. The summed E-state index contributed by atoms with van der Waals surface area (Å²) >= 11 is 9.26. The minimum Gasteiger partial charge on any atom is -0.357 e. The van der Waals surface area contributed by atoms with Crippen LogP contribution in [0.2, 0.25) is 5.02 Å². The molecule has 0 amide bonds. The van der Waals surface area contributed by atoms with Crippen molar-refractivity contribution in [1.82, 2.24) is 4.90 Å². The lowest BCUT2D eigenvalue weighted by Gasteiger charge is -2.21. The monoisotopic (exact) mass is 288 g/mol. The summed E-state index contributed by atoms with van der Waals surface area (Å²) in [5, 5.41) is 8.69. The van der Waals surface area contributed by atoms with E-state index in [1.807, 2.05) is 30.9 Å². The number of nitrogens with one attached hydrogen (secondary N) is 1. The molecule has 0 unspecified atom stereocenters. The fourth-order valence-electron chi connectivity index (χ4n) is 1.37. The minimum atomic E-state index is 0.539. The predicted molar refractivity (Wildman–Crippen MR) is 68.9 cm³/mol. The van der Waals surface area contributed by atoms with Gasteiger partial charge in [0.1, 0.15) is 5.84 Å². The highest BCUT2D eigenvalue weighted by Gasteiger charge is 2.09. The van der Waals surface area contributed by atoms with Crippen molar-refractivity contribution < 1.29 is 0 Å². The Morgan fingerprint density at radius 2 is 2.00 bits per heavy atom. The second-order valence-electron chi connectivity index (χ2n) is 3.15. The third-order valence-corrected chi connectivity index (χ3v) is 3.49. The Hall–Kier alpha value is -0.540. The third kappa shape index (κ3) is 2.95. The Morgan fingerprint density at radius 3 is 2.47 bits per heavy atom. The average Bonchev–Trinajstić information content (AvgIpc) is 2.23. The number of nitrogens with zero attached hydrogens (tertiary/aromatic N) is 1. The molecule has 1 rings (SSSR count). The Kier molecular flexibility index (Phi) is 4.61. The first-order valence-electron chi connectivity index (χ1n) is 4.89. The molecule has 0 saturated carbocycles. The van der Waals surface area contributed by atoms with Crippen LogP contribution in [0.1, 0.15) is 19.4 Å². The molecule has 0 aliphatic rings. The van der Waals surface area contributed by atoms with Crippen LogP contribution in [0.15, 0.2) is 22.7 Å². The zero-order valence-corrected chi connectivity index (χ0v) is 11.2. The number of rotatable bonds is 3. The van der Waals surface area contributed by atoms with Crippen molar-refractivity contribution in [3.05, 3.63) is 33.3 Å². The predicted octanol–water partition coefficient (Wildman–Crippen LogP) is 3.77. The van der Waals surface area contributed by atoms with Gasteiger partial charge in [-0.1, -0.05) is 11.6 Å². The fraction of sp³-hybridized carbons (Fsp3) is 0.364. The standard InChI is InChI=1S/C11H14BrClN2/c1-3-15(4-2)11(14)8-5-6-10(13)9(12)7-8/h5-7,14H,3-4H2,1-2H3. The first-order valence-corrected chi connectivity index (χ1v) is 6.06. The summed E-state index contributed by atoms with van der Waals surface area (Å²) in [7, 11) is 0. The molecule has 2 nitrogen and oxygen atoms in total. The normalized spacial score (nSPS) is 10.1. The van der Waals surface area contributed by atoms with Crippen molar-refractivity contribution in [3.8, 4) is 0 Å². The first kappa shape index (κ1) is 12.5. The van der Waals surface area contributed by atoms with E-state index in [1.54, 1.807) is 6.07 Å². The van der Waals surface area contributed by atoms with Crippen molar-refractivity contribution in [3.63, 3.8) is 0 Å². The zero-order valence-electron chi connectivity index (χ0n) is 8.85. The van der Waals surface area contributed by atoms with Crippen LogP contribution < -0.4 is 0 Å². The van der Waals surface area contributed by atoms with Gasteiger partial charge < -0.3 is 4.90 Å². The minimum absolute atomic E-state index is 0.539. The van der Waals surface area contributed by atoms with Gasteiger partial charge >= 0.3 is 0 Å². The van der Waals surface area contributed by atoms with Crippen molar-refractivity contribution >= 4 is 33.4 Å². The molecule has 0 saturated heterocycles. The van der Waals surface area contributed by atoms with Crippen LogP contribution >= 0.6 is 27.5 Å². The molecule has 15 heavy (non-hydrogen) atoms. The maximum atomic E-state index is 8.02. The molecular formula is C11H14BrClN2. The van der Waals surface area contributed by atoms with Crippen molar-refractivity contribution in [1.29, 1.82) is 5.41 Å². The van der Waals surface area contributed by atoms with Crippen molar-refractivity contribution in [2.24, 2.45) is 0 Å². The molecule has 82 valence electrons. The van der Waals surface area contributed by atoms with E-state index >= 15 is 0 Å². The van der Waals surface area contributed by atoms with Crippen LogP contribution in [0.3, 0.4) is 0 Å². The smallest absolute Gasteiger partial charge is 0.128 e. The van der Waals surface area contributed by atoms with E-state index in [4.69, 9.17) is 17.0 Å². The molecule has 4 heteroatoms. The van der Waals surface area contributed by atoms with Crippen LogP contribution in [0.4, 0.5) is 0 Å². The lowest BCUT2D eigenvalue weighted by atomic mass is 10.2.